The van der Waals surface area contributed by atoms with Gasteiger partial charge in [-0.1, -0.05) is 45.4 Å². The minimum Gasteiger partial charge on any atom is -0.271 e. The zero-order valence-electron chi connectivity index (χ0n) is 12.0. The number of hydrogen-bond donors (Lipinski definition) is 2. The van der Waals surface area contributed by atoms with Gasteiger partial charge in [-0.15, -0.1) is 0 Å². The van der Waals surface area contributed by atoms with Crippen LogP contribution in [0.3, 0.4) is 0 Å². The van der Waals surface area contributed by atoms with Gasteiger partial charge in [0.1, 0.15) is 5.82 Å². The summed E-state index contributed by atoms with van der Waals surface area (Å²) in [4.78, 5) is 0. The average molecular weight is 252 g/mol. The minimum absolute atomic E-state index is 0.140. The van der Waals surface area contributed by atoms with Crippen LogP contribution in [0.2, 0.25) is 0 Å². The van der Waals surface area contributed by atoms with E-state index in [-0.39, 0.29) is 17.3 Å². The van der Waals surface area contributed by atoms with E-state index >= 15 is 0 Å². The molecule has 0 saturated heterocycles. The Kier molecular flexibility index (Phi) is 4.88. The Hall–Kier alpha value is -0.930. The smallest absolute Gasteiger partial charge is 0.128 e. The van der Waals surface area contributed by atoms with E-state index in [1.165, 1.54) is 6.07 Å². The fourth-order valence-corrected chi connectivity index (χ4v) is 1.92. The van der Waals surface area contributed by atoms with Crippen LogP contribution >= 0.6 is 0 Å². The van der Waals surface area contributed by atoms with Crippen molar-refractivity contribution in [2.75, 3.05) is 0 Å². The highest BCUT2D eigenvalue weighted by atomic mass is 19.1. The Morgan fingerprint density at radius 1 is 1.33 bits per heavy atom. The molecule has 2 unspecified atom stereocenters. The minimum atomic E-state index is -0.190. The highest BCUT2D eigenvalue weighted by Crippen LogP contribution is 2.33. The molecule has 1 aromatic carbocycles. The largest absolute Gasteiger partial charge is 0.271 e. The topological polar surface area (TPSA) is 38.0 Å². The van der Waals surface area contributed by atoms with Crippen LogP contribution in [0.15, 0.2) is 18.2 Å². The molecule has 3 heteroatoms. The molecule has 102 valence electrons. The summed E-state index contributed by atoms with van der Waals surface area (Å²) in [6.45, 7) is 10.7. The van der Waals surface area contributed by atoms with Crippen LogP contribution in [0.5, 0.6) is 0 Å². The highest BCUT2D eigenvalue weighted by Gasteiger charge is 2.25. The first kappa shape index (κ1) is 15.1. The summed E-state index contributed by atoms with van der Waals surface area (Å²) in [5.74, 6) is 5.85. The molecule has 0 aliphatic rings. The quantitative estimate of drug-likeness (QED) is 0.633. The van der Waals surface area contributed by atoms with Gasteiger partial charge in [0.2, 0.25) is 0 Å². The summed E-state index contributed by atoms with van der Waals surface area (Å²) < 4.78 is 13.9. The third kappa shape index (κ3) is 3.79. The second-order valence-electron chi connectivity index (χ2n) is 6.25. The first-order valence-corrected chi connectivity index (χ1v) is 6.48. The van der Waals surface area contributed by atoms with Gasteiger partial charge in [-0.3, -0.25) is 11.3 Å². The summed E-state index contributed by atoms with van der Waals surface area (Å²) >= 11 is 0. The summed E-state index contributed by atoms with van der Waals surface area (Å²) in [6.07, 6.45) is 0.820. The van der Waals surface area contributed by atoms with Gasteiger partial charge >= 0.3 is 0 Å². The molecule has 0 spiro atoms. The van der Waals surface area contributed by atoms with Gasteiger partial charge in [-0.25, -0.2) is 4.39 Å². The van der Waals surface area contributed by atoms with Crippen molar-refractivity contribution < 1.29 is 4.39 Å². The van der Waals surface area contributed by atoms with Crippen molar-refractivity contribution in [1.82, 2.24) is 5.43 Å². The number of hydrogen-bond acceptors (Lipinski definition) is 2. The lowest BCUT2D eigenvalue weighted by molar-refractivity contribution is 0.222. The third-order valence-corrected chi connectivity index (χ3v) is 3.80. The number of hydrazine groups is 1. The molecule has 1 rings (SSSR count). The third-order valence-electron chi connectivity index (χ3n) is 3.80. The van der Waals surface area contributed by atoms with Gasteiger partial charge < -0.3 is 0 Å². The second kappa shape index (κ2) is 5.81. The van der Waals surface area contributed by atoms with Crippen molar-refractivity contribution >= 4 is 0 Å². The fourth-order valence-electron chi connectivity index (χ4n) is 1.92. The van der Waals surface area contributed by atoms with Gasteiger partial charge in [0.25, 0.3) is 0 Å². The molecule has 0 aromatic heterocycles. The number of nitrogens with two attached hydrogens (primary N) is 1. The Bertz CT molecular complexity index is 396. The van der Waals surface area contributed by atoms with Crippen LogP contribution in [-0.2, 0) is 0 Å². The Morgan fingerprint density at radius 3 is 2.44 bits per heavy atom. The van der Waals surface area contributed by atoms with E-state index in [1.54, 1.807) is 6.07 Å². The first-order chi connectivity index (χ1) is 8.25. The van der Waals surface area contributed by atoms with Crippen molar-refractivity contribution in [1.29, 1.82) is 0 Å². The molecule has 0 heterocycles. The van der Waals surface area contributed by atoms with Crippen molar-refractivity contribution in [3.8, 4) is 0 Å². The summed E-state index contributed by atoms with van der Waals surface area (Å²) in [7, 11) is 0. The van der Waals surface area contributed by atoms with E-state index in [4.69, 9.17) is 5.84 Å². The molecular weight excluding hydrogens is 227 g/mol. The molecule has 0 bridgehead atoms. The zero-order chi connectivity index (χ0) is 13.9. The van der Waals surface area contributed by atoms with E-state index in [2.05, 4.69) is 33.1 Å². The molecule has 0 saturated carbocycles. The highest BCUT2D eigenvalue weighted by molar-refractivity contribution is 5.26. The fraction of sp³-hybridized carbons (Fsp3) is 0.600. The van der Waals surface area contributed by atoms with Crippen molar-refractivity contribution in [2.45, 2.75) is 47.1 Å². The van der Waals surface area contributed by atoms with Crippen LogP contribution < -0.4 is 11.3 Å². The van der Waals surface area contributed by atoms with Gasteiger partial charge in [0, 0.05) is 11.6 Å². The van der Waals surface area contributed by atoms with Gasteiger partial charge in [-0.2, -0.15) is 0 Å². The van der Waals surface area contributed by atoms with Crippen molar-refractivity contribution in [3.63, 3.8) is 0 Å². The molecule has 0 aliphatic heterocycles. The van der Waals surface area contributed by atoms with Crippen LogP contribution in [0.4, 0.5) is 4.39 Å². The lowest BCUT2D eigenvalue weighted by atomic mass is 9.77. The number of benzene rings is 1. The lowest BCUT2D eigenvalue weighted by Gasteiger charge is -2.31. The Labute approximate surface area is 110 Å². The Morgan fingerprint density at radius 2 is 1.94 bits per heavy atom. The van der Waals surface area contributed by atoms with Gasteiger partial charge in [0.05, 0.1) is 0 Å². The van der Waals surface area contributed by atoms with Crippen LogP contribution in [0.1, 0.15) is 51.3 Å². The predicted octanol–water partition coefficient (Wildman–Crippen LogP) is 3.71. The molecule has 1 aromatic rings. The van der Waals surface area contributed by atoms with Crippen LogP contribution in [0.25, 0.3) is 0 Å². The summed E-state index contributed by atoms with van der Waals surface area (Å²) in [5.41, 5.74) is 4.65. The molecule has 0 radical (unpaired) electrons. The van der Waals surface area contributed by atoms with E-state index < -0.39 is 0 Å². The van der Waals surface area contributed by atoms with Gasteiger partial charge in [-0.05, 0) is 30.7 Å². The zero-order valence-corrected chi connectivity index (χ0v) is 12.0. The van der Waals surface area contributed by atoms with Crippen LogP contribution in [0, 0.1) is 24.1 Å². The number of nitrogens with one attached hydrogen (secondary N) is 1. The summed E-state index contributed by atoms with van der Waals surface area (Å²) in [5, 5.41) is 0. The molecular formula is C15H25FN2. The van der Waals surface area contributed by atoms with E-state index in [1.807, 2.05) is 13.0 Å². The summed E-state index contributed by atoms with van der Waals surface area (Å²) in [6, 6.07) is 5.02. The molecule has 2 nitrogen and oxygen atoms in total. The first-order valence-electron chi connectivity index (χ1n) is 6.48. The molecule has 0 amide bonds. The molecule has 2 atom stereocenters. The SMILES string of the molecule is Cc1ccc(F)c(C(CC(C)C(C)(C)C)NN)c1. The second-order valence-corrected chi connectivity index (χ2v) is 6.25. The van der Waals surface area contributed by atoms with Gasteiger partial charge in [0.15, 0.2) is 0 Å². The molecule has 18 heavy (non-hydrogen) atoms. The standard InChI is InChI=1S/C15H25FN2/c1-10-6-7-13(16)12(8-10)14(18-17)9-11(2)15(3,4)5/h6-8,11,14,18H,9,17H2,1-5H3. The number of aryl methyl sites for hydroxylation is 1. The van der Waals surface area contributed by atoms with Crippen molar-refractivity contribution in [3.05, 3.63) is 35.1 Å². The van der Waals surface area contributed by atoms with Crippen LogP contribution in [-0.4, -0.2) is 0 Å². The maximum Gasteiger partial charge on any atom is 0.128 e. The average Bonchev–Trinajstić information content (AvgIpc) is 2.28. The van der Waals surface area contributed by atoms with Crippen molar-refractivity contribution in [2.24, 2.45) is 17.2 Å². The lowest BCUT2D eigenvalue weighted by Crippen LogP contribution is -2.32. The van der Waals surface area contributed by atoms with E-state index in [0.717, 1.165) is 12.0 Å². The molecule has 0 fully saturated rings. The van der Waals surface area contributed by atoms with E-state index in [9.17, 15) is 4.39 Å². The number of halogens is 1. The molecule has 0 aliphatic carbocycles. The Balaban J connectivity index is 2.93. The monoisotopic (exact) mass is 252 g/mol. The normalized spacial score (nSPS) is 15.5. The maximum atomic E-state index is 13.9. The number of rotatable bonds is 4. The predicted molar refractivity (Wildman–Crippen MR) is 74.4 cm³/mol. The maximum absolute atomic E-state index is 13.9. The van der Waals surface area contributed by atoms with E-state index in [0.29, 0.717) is 11.5 Å². The molecule has 3 N–H and O–H groups in total.